The monoisotopic (exact) mass is 410 g/mol. The van der Waals surface area contributed by atoms with E-state index in [0.29, 0.717) is 12.1 Å². The maximum absolute atomic E-state index is 14.4. The standard InChI is InChI=1S/C22H23FN4O3/c1-14(2)13-24-20(28)19-21(29)26(15(3)16-9-5-4-6-10-16)22(30)27(25-19)18-12-8-7-11-17(18)23/h4-12,14-15H,13H2,1-3H3,(H,24,28). The number of halogens is 1. The summed E-state index contributed by atoms with van der Waals surface area (Å²) in [5.74, 6) is -1.26. The van der Waals surface area contributed by atoms with E-state index in [4.69, 9.17) is 0 Å². The Labute approximate surface area is 172 Å². The molecule has 1 amide bonds. The maximum Gasteiger partial charge on any atom is 0.352 e. The first-order valence-electron chi connectivity index (χ1n) is 9.65. The molecule has 30 heavy (non-hydrogen) atoms. The second kappa shape index (κ2) is 8.86. The van der Waals surface area contributed by atoms with Crippen LogP contribution in [0.15, 0.2) is 64.2 Å². The summed E-state index contributed by atoms with van der Waals surface area (Å²) in [6.07, 6.45) is 0. The van der Waals surface area contributed by atoms with Crippen LogP contribution in [0.5, 0.6) is 0 Å². The lowest BCUT2D eigenvalue weighted by atomic mass is 10.1. The van der Waals surface area contributed by atoms with Crippen LogP contribution in [0.2, 0.25) is 0 Å². The van der Waals surface area contributed by atoms with Gasteiger partial charge in [-0.1, -0.05) is 56.3 Å². The number of nitrogens with one attached hydrogen (secondary N) is 1. The van der Waals surface area contributed by atoms with Crippen molar-refractivity contribution < 1.29 is 9.18 Å². The fraction of sp³-hybridized carbons (Fsp3) is 0.273. The van der Waals surface area contributed by atoms with E-state index < -0.39 is 34.7 Å². The van der Waals surface area contributed by atoms with Crippen molar-refractivity contribution in [1.29, 1.82) is 0 Å². The van der Waals surface area contributed by atoms with Crippen molar-refractivity contribution in [3.8, 4) is 5.69 Å². The molecule has 2 aromatic carbocycles. The predicted molar refractivity (Wildman–Crippen MR) is 111 cm³/mol. The van der Waals surface area contributed by atoms with E-state index in [2.05, 4.69) is 10.4 Å². The van der Waals surface area contributed by atoms with E-state index in [-0.39, 0.29) is 11.6 Å². The zero-order chi connectivity index (χ0) is 21.8. The molecule has 0 fully saturated rings. The molecule has 1 atom stereocenters. The van der Waals surface area contributed by atoms with Crippen molar-refractivity contribution >= 4 is 5.91 Å². The van der Waals surface area contributed by atoms with Gasteiger partial charge in [0.15, 0.2) is 0 Å². The Bertz CT molecular complexity index is 1170. The van der Waals surface area contributed by atoms with Gasteiger partial charge in [0, 0.05) is 6.54 Å². The third-order valence-electron chi connectivity index (χ3n) is 4.64. The second-order valence-corrected chi connectivity index (χ2v) is 7.36. The minimum atomic E-state index is -0.832. The summed E-state index contributed by atoms with van der Waals surface area (Å²) in [6.45, 7) is 5.81. The van der Waals surface area contributed by atoms with Gasteiger partial charge in [-0.05, 0) is 30.5 Å². The number of aromatic nitrogens is 3. The number of rotatable bonds is 6. The van der Waals surface area contributed by atoms with Gasteiger partial charge in [-0.15, -0.1) is 0 Å². The highest BCUT2D eigenvalue weighted by Crippen LogP contribution is 2.15. The van der Waals surface area contributed by atoms with Crippen LogP contribution in [0.4, 0.5) is 4.39 Å². The van der Waals surface area contributed by atoms with E-state index in [1.165, 1.54) is 18.2 Å². The smallest absolute Gasteiger partial charge is 0.350 e. The maximum atomic E-state index is 14.4. The van der Waals surface area contributed by atoms with Crippen molar-refractivity contribution in [2.24, 2.45) is 5.92 Å². The number of nitrogens with zero attached hydrogens (tertiary/aromatic N) is 3. The molecule has 7 nitrogen and oxygen atoms in total. The highest BCUT2D eigenvalue weighted by molar-refractivity contribution is 5.91. The van der Waals surface area contributed by atoms with Crippen molar-refractivity contribution in [3.05, 3.63) is 92.5 Å². The van der Waals surface area contributed by atoms with E-state index >= 15 is 0 Å². The van der Waals surface area contributed by atoms with E-state index in [0.717, 1.165) is 9.25 Å². The summed E-state index contributed by atoms with van der Waals surface area (Å²) in [5, 5.41) is 6.57. The van der Waals surface area contributed by atoms with Gasteiger partial charge >= 0.3 is 5.69 Å². The summed E-state index contributed by atoms with van der Waals surface area (Å²) in [4.78, 5) is 38.9. The zero-order valence-corrected chi connectivity index (χ0v) is 17.0. The summed E-state index contributed by atoms with van der Waals surface area (Å²) < 4.78 is 16.1. The van der Waals surface area contributed by atoms with Crippen LogP contribution < -0.4 is 16.6 Å². The van der Waals surface area contributed by atoms with Gasteiger partial charge in [0.1, 0.15) is 11.5 Å². The fourth-order valence-electron chi connectivity index (χ4n) is 3.01. The zero-order valence-electron chi connectivity index (χ0n) is 17.0. The number of hydrogen-bond acceptors (Lipinski definition) is 4. The van der Waals surface area contributed by atoms with E-state index in [9.17, 15) is 18.8 Å². The summed E-state index contributed by atoms with van der Waals surface area (Å²) in [6, 6.07) is 13.8. The predicted octanol–water partition coefficient (Wildman–Crippen LogP) is 2.53. The van der Waals surface area contributed by atoms with Crippen LogP contribution in [-0.4, -0.2) is 26.8 Å². The van der Waals surface area contributed by atoms with Crippen LogP contribution in [-0.2, 0) is 0 Å². The third-order valence-corrected chi connectivity index (χ3v) is 4.64. The Balaban J connectivity index is 2.25. The topological polar surface area (TPSA) is 86.0 Å². The molecule has 3 rings (SSSR count). The molecule has 0 aliphatic rings. The number of hydrogen-bond donors (Lipinski definition) is 1. The first-order chi connectivity index (χ1) is 14.3. The second-order valence-electron chi connectivity index (χ2n) is 7.36. The van der Waals surface area contributed by atoms with Gasteiger partial charge < -0.3 is 5.32 Å². The quantitative estimate of drug-likeness (QED) is 0.677. The Morgan fingerprint density at radius 3 is 2.30 bits per heavy atom. The Morgan fingerprint density at radius 2 is 1.67 bits per heavy atom. The van der Waals surface area contributed by atoms with Crippen LogP contribution in [0.1, 0.15) is 42.9 Å². The van der Waals surface area contributed by atoms with Crippen LogP contribution in [0, 0.1) is 11.7 Å². The molecule has 1 N–H and O–H groups in total. The molecule has 1 heterocycles. The summed E-state index contributed by atoms with van der Waals surface area (Å²) in [5.41, 5.74) is -1.58. The number of carbonyl (C=O) groups is 1. The molecule has 3 aromatic rings. The normalized spacial score (nSPS) is 12.0. The third kappa shape index (κ3) is 4.22. The molecule has 0 spiro atoms. The van der Waals surface area contributed by atoms with Gasteiger partial charge in [-0.2, -0.15) is 9.78 Å². The highest BCUT2D eigenvalue weighted by atomic mass is 19.1. The minimum Gasteiger partial charge on any atom is -0.350 e. The largest absolute Gasteiger partial charge is 0.352 e. The van der Waals surface area contributed by atoms with Gasteiger partial charge in [-0.25, -0.2) is 13.8 Å². The van der Waals surface area contributed by atoms with Gasteiger partial charge in [0.05, 0.1) is 6.04 Å². The molecule has 156 valence electrons. The van der Waals surface area contributed by atoms with Gasteiger partial charge in [0.25, 0.3) is 11.5 Å². The lowest BCUT2D eigenvalue weighted by Crippen LogP contribution is -2.47. The minimum absolute atomic E-state index is 0.144. The molecule has 1 aromatic heterocycles. The molecule has 0 saturated carbocycles. The highest BCUT2D eigenvalue weighted by Gasteiger charge is 2.24. The van der Waals surface area contributed by atoms with Crippen molar-refractivity contribution in [2.75, 3.05) is 6.54 Å². The van der Waals surface area contributed by atoms with Gasteiger partial charge in [-0.3, -0.25) is 9.59 Å². The molecule has 0 bridgehead atoms. The Morgan fingerprint density at radius 1 is 1.03 bits per heavy atom. The van der Waals surface area contributed by atoms with Crippen molar-refractivity contribution in [2.45, 2.75) is 26.8 Å². The van der Waals surface area contributed by atoms with E-state index in [1.807, 2.05) is 19.9 Å². The molecule has 0 aliphatic carbocycles. The lowest BCUT2D eigenvalue weighted by Gasteiger charge is -2.18. The average molecular weight is 410 g/mol. The Kier molecular flexibility index (Phi) is 6.25. The summed E-state index contributed by atoms with van der Waals surface area (Å²) >= 11 is 0. The number of para-hydroxylation sites is 1. The average Bonchev–Trinajstić information content (AvgIpc) is 2.73. The van der Waals surface area contributed by atoms with Crippen LogP contribution in [0.3, 0.4) is 0 Å². The first-order valence-corrected chi connectivity index (χ1v) is 9.65. The van der Waals surface area contributed by atoms with Crippen molar-refractivity contribution in [3.63, 3.8) is 0 Å². The molecule has 0 radical (unpaired) electrons. The fourth-order valence-corrected chi connectivity index (χ4v) is 3.01. The number of benzene rings is 2. The Hall–Kier alpha value is -3.55. The first kappa shape index (κ1) is 21.2. The van der Waals surface area contributed by atoms with Crippen LogP contribution in [0.25, 0.3) is 5.69 Å². The SMILES string of the molecule is CC(C)CNC(=O)c1nn(-c2ccccc2F)c(=O)n(C(C)c2ccccc2)c1=O. The molecule has 8 heteroatoms. The summed E-state index contributed by atoms with van der Waals surface area (Å²) in [7, 11) is 0. The molecule has 1 unspecified atom stereocenters. The molecule has 0 saturated heterocycles. The van der Waals surface area contributed by atoms with E-state index in [1.54, 1.807) is 37.3 Å². The van der Waals surface area contributed by atoms with Gasteiger partial charge in [0.2, 0.25) is 5.69 Å². The number of amides is 1. The molecular weight excluding hydrogens is 387 g/mol. The number of carbonyl (C=O) groups excluding carboxylic acids is 1. The molecule has 0 aliphatic heterocycles. The van der Waals surface area contributed by atoms with Crippen LogP contribution >= 0.6 is 0 Å². The molecular formula is C22H23FN4O3. The lowest BCUT2D eigenvalue weighted by molar-refractivity contribution is 0.0939. The van der Waals surface area contributed by atoms with Crippen molar-refractivity contribution in [1.82, 2.24) is 19.7 Å².